The van der Waals surface area contributed by atoms with Crippen LogP contribution in [0, 0.1) is 5.92 Å². The molecule has 1 aromatic rings. The smallest absolute Gasteiger partial charge is 0.255 e. The van der Waals surface area contributed by atoms with Crippen LogP contribution in [0.1, 0.15) is 16.8 Å². The lowest BCUT2D eigenvalue weighted by Crippen LogP contribution is -2.29. The molecule has 2 rings (SSSR count). The van der Waals surface area contributed by atoms with Crippen molar-refractivity contribution in [2.24, 2.45) is 5.92 Å². The van der Waals surface area contributed by atoms with E-state index in [0.717, 1.165) is 0 Å². The van der Waals surface area contributed by atoms with Crippen molar-refractivity contribution in [3.63, 3.8) is 0 Å². The Labute approximate surface area is 111 Å². The summed E-state index contributed by atoms with van der Waals surface area (Å²) in [5.41, 5.74) is -0.0270. The lowest BCUT2D eigenvalue weighted by molar-refractivity contribution is 0.0945. The summed E-state index contributed by atoms with van der Waals surface area (Å²) < 4.78 is 22.5. The molecule has 0 aromatic heterocycles. The Morgan fingerprint density at radius 1 is 1.37 bits per heavy atom. The van der Waals surface area contributed by atoms with Gasteiger partial charge in [0, 0.05) is 6.54 Å². The Morgan fingerprint density at radius 3 is 2.74 bits per heavy atom. The monoisotopic (exact) mass is 285 g/mol. The number of phenols is 2. The third-order valence-electron chi connectivity index (χ3n) is 3.14. The SMILES string of the molecule is O=C(NCC1CCS(=O)(=O)C1)c1cccc(O)c1O. The molecule has 104 valence electrons. The van der Waals surface area contributed by atoms with Crippen LogP contribution < -0.4 is 5.32 Å². The van der Waals surface area contributed by atoms with Crippen LogP contribution in [-0.2, 0) is 9.84 Å². The van der Waals surface area contributed by atoms with Gasteiger partial charge in [-0.15, -0.1) is 0 Å². The van der Waals surface area contributed by atoms with Gasteiger partial charge in [0.05, 0.1) is 17.1 Å². The van der Waals surface area contributed by atoms with E-state index < -0.39 is 21.5 Å². The van der Waals surface area contributed by atoms with Gasteiger partial charge in [0.2, 0.25) is 0 Å². The molecular weight excluding hydrogens is 270 g/mol. The molecule has 0 spiro atoms. The molecule has 7 heteroatoms. The maximum atomic E-state index is 11.8. The summed E-state index contributed by atoms with van der Waals surface area (Å²) in [4.78, 5) is 11.8. The third-order valence-corrected chi connectivity index (χ3v) is 4.97. The van der Waals surface area contributed by atoms with Crippen LogP contribution >= 0.6 is 0 Å². The molecule has 1 unspecified atom stereocenters. The van der Waals surface area contributed by atoms with E-state index in [2.05, 4.69) is 5.32 Å². The number of phenolic OH excluding ortho intramolecular Hbond substituents is 2. The van der Waals surface area contributed by atoms with Crippen molar-refractivity contribution in [1.29, 1.82) is 0 Å². The molecule has 1 heterocycles. The molecule has 1 atom stereocenters. The van der Waals surface area contributed by atoms with E-state index in [-0.39, 0.29) is 35.3 Å². The van der Waals surface area contributed by atoms with Crippen LogP contribution in [0.4, 0.5) is 0 Å². The van der Waals surface area contributed by atoms with Gasteiger partial charge in [-0.05, 0) is 24.5 Å². The molecule has 6 nitrogen and oxygen atoms in total. The van der Waals surface area contributed by atoms with Crippen molar-refractivity contribution in [3.05, 3.63) is 23.8 Å². The quantitative estimate of drug-likeness (QED) is 0.691. The number of benzene rings is 1. The second-order valence-corrected chi connectivity index (χ2v) is 6.88. The summed E-state index contributed by atoms with van der Waals surface area (Å²) >= 11 is 0. The van der Waals surface area contributed by atoms with Crippen LogP contribution in [-0.4, -0.2) is 42.6 Å². The lowest BCUT2D eigenvalue weighted by Gasteiger charge is -2.10. The Kier molecular flexibility index (Phi) is 3.66. The van der Waals surface area contributed by atoms with Crippen molar-refractivity contribution in [1.82, 2.24) is 5.32 Å². The number of rotatable bonds is 3. The Morgan fingerprint density at radius 2 is 2.11 bits per heavy atom. The first kappa shape index (κ1) is 13.7. The molecule has 1 fully saturated rings. The van der Waals surface area contributed by atoms with Gasteiger partial charge in [-0.1, -0.05) is 6.07 Å². The first-order valence-electron chi connectivity index (χ1n) is 5.88. The molecule has 0 saturated carbocycles. The van der Waals surface area contributed by atoms with Crippen molar-refractivity contribution >= 4 is 15.7 Å². The van der Waals surface area contributed by atoms with Gasteiger partial charge >= 0.3 is 0 Å². The number of carbonyl (C=O) groups is 1. The van der Waals surface area contributed by atoms with Gasteiger partial charge in [0.25, 0.3) is 5.91 Å². The Bertz CT molecular complexity index is 596. The van der Waals surface area contributed by atoms with Gasteiger partial charge in [-0.2, -0.15) is 0 Å². The van der Waals surface area contributed by atoms with Crippen molar-refractivity contribution < 1.29 is 23.4 Å². The highest BCUT2D eigenvalue weighted by molar-refractivity contribution is 7.91. The van der Waals surface area contributed by atoms with Crippen molar-refractivity contribution in [2.75, 3.05) is 18.1 Å². The van der Waals surface area contributed by atoms with Gasteiger partial charge in [-0.3, -0.25) is 4.79 Å². The molecule has 1 aromatic carbocycles. The first-order chi connectivity index (χ1) is 8.89. The van der Waals surface area contributed by atoms with E-state index in [9.17, 15) is 23.4 Å². The fourth-order valence-electron chi connectivity index (χ4n) is 2.08. The van der Waals surface area contributed by atoms with Gasteiger partial charge in [-0.25, -0.2) is 8.42 Å². The summed E-state index contributed by atoms with van der Waals surface area (Å²) in [5, 5.41) is 21.4. The molecule has 1 aliphatic rings. The molecule has 0 aliphatic carbocycles. The van der Waals surface area contributed by atoms with Gasteiger partial charge < -0.3 is 15.5 Å². The summed E-state index contributed by atoms with van der Waals surface area (Å²) in [6.45, 7) is 0.243. The molecule has 0 bridgehead atoms. The zero-order valence-electron chi connectivity index (χ0n) is 10.2. The third kappa shape index (κ3) is 3.17. The number of para-hydroxylation sites is 1. The zero-order chi connectivity index (χ0) is 14.0. The van der Waals surface area contributed by atoms with Gasteiger partial charge in [0.15, 0.2) is 21.3 Å². The summed E-state index contributed by atoms with van der Waals surface area (Å²) in [6.07, 6.45) is 0.536. The standard InChI is InChI=1S/C12H15NO5S/c14-10-3-1-2-9(11(10)15)12(16)13-6-8-4-5-19(17,18)7-8/h1-3,8,14-15H,4-7H2,(H,13,16). The highest BCUT2D eigenvalue weighted by Gasteiger charge is 2.28. The van der Waals surface area contributed by atoms with E-state index in [1.807, 2.05) is 0 Å². The highest BCUT2D eigenvalue weighted by atomic mass is 32.2. The van der Waals surface area contributed by atoms with Crippen LogP contribution in [0.3, 0.4) is 0 Å². The fraction of sp³-hybridized carbons (Fsp3) is 0.417. The van der Waals surface area contributed by atoms with Crippen LogP contribution in [0.5, 0.6) is 11.5 Å². The average molecular weight is 285 g/mol. The van der Waals surface area contributed by atoms with Crippen molar-refractivity contribution in [3.8, 4) is 11.5 Å². The number of hydrogen-bond acceptors (Lipinski definition) is 5. The minimum absolute atomic E-state index is 0.0270. The first-order valence-corrected chi connectivity index (χ1v) is 7.71. The summed E-state index contributed by atoms with van der Waals surface area (Å²) in [6, 6.07) is 4.11. The van der Waals surface area contributed by atoms with Crippen LogP contribution in [0.25, 0.3) is 0 Å². The van der Waals surface area contributed by atoms with Crippen LogP contribution in [0.15, 0.2) is 18.2 Å². The van der Waals surface area contributed by atoms with E-state index >= 15 is 0 Å². The minimum atomic E-state index is -2.96. The fourth-order valence-corrected chi connectivity index (χ4v) is 3.94. The van der Waals surface area contributed by atoms with Crippen molar-refractivity contribution in [2.45, 2.75) is 6.42 Å². The average Bonchev–Trinajstić information content (AvgIpc) is 2.69. The number of aromatic hydroxyl groups is 2. The van der Waals surface area contributed by atoms with Gasteiger partial charge in [0.1, 0.15) is 0 Å². The molecule has 3 N–H and O–H groups in total. The second kappa shape index (κ2) is 5.08. The number of nitrogens with one attached hydrogen (secondary N) is 1. The topological polar surface area (TPSA) is 104 Å². The number of hydrogen-bond donors (Lipinski definition) is 3. The Hall–Kier alpha value is -1.76. The molecular formula is C12H15NO5S. The van der Waals surface area contributed by atoms with E-state index in [1.165, 1.54) is 18.2 Å². The maximum absolute atomic E-state index is 11.8. The molecule has 1 amide bonds. The summed E-state index contributed by atoms with van der Waals surface area (Å²) in [5.74, 6) is -1.22. The molecule has 0 radical (unpaired) electrons. The number of amides is 1. The predicted octanol–water partition coefficient (Wildman–Crippen LogP) is 0.262. The largest absolute Gasteiger partial charge is 0.504 e. The lowest BCUT2D eigenvalue weighted by atomic mass is 10.1. The van der Waals surface area contributed by atoms with Crippen LogP contribution in [0.2, 0.25) is 0 Å². The maximum Gasteiger partial charge on any atom is 0.255 e. The zero-order valence-corrected chi connectivity index (χ0v) is 11.0. The highest BCUT2D eigenvalue weighted by Crippen LogP contribution is 2.28. The number of sulfone groups is 1. The predicted molar refractivity (Wildman–Crippen MR) is 68.9 cm³/mol. The molecule has 1 aliphatic heterocycles. The summed E-state index contributed by atoms with van der Waals surface area (Å²) in [7, 11) is -2.96. The minimum Gasteiger partial charge on any atom is -0.504 e. The molecule has 19 heavy (non-hydrogen) atoms. The van der Waals surface area contributed by atoms with E-state index in [1.54, 1.807) is 0 Å². The van der Waals surface area contributed by atoms with E-state index in [4.69, 9.17) is 0 Å². The Balaban J connectivity index is 1.97. The normalized spacial score (nSPS) is 21.2. The second-order valence-electron chi connectivity index (χ2n) is 4.65. The van der Waals surface area contributed by atoms with E-state index in [0.29, 0.717) is 6.42 Å². The molecule has 1 saturated heterocycles. The number of carbonyl (C=O) groups excluding carboxylic acids is 1.